The standard InChI is InChI=1S/C17H27NS/c1-15(2)14-19-17(3)9-11-18(12-10-17)13-16-7-5-4-6-8-16/h4-8,15H,9-14H2,1-3H3. The van der Waals surface area contributed by atoms with E-state index in [1.54, 1.807) is 0 Å². The molecule has 106 valence electrons. The van der Waals surface area contributed by atoms with E-state index in [0.717, 1.165) is 12.5 Å². The van der Waals surface area contributed by atoms with Crippen LogP contribution in [0, 0.1) is 5.92 Å². The highest BCUT2D eigenvalue weighted by Gasteiger charge is 2.30. The molecule has 1 aromatic rings. The molecule has 0 atom stereocenters. The Morgan fingerprint density at radius 1 is 1.16 bits per heavy atom. The van der Waals surface area contributed by atoms with Crippen LogP contribution >= 0.6 is 11.8 Å². The van der Waals surface area contributed by atoms with Crippen molar-refractivity contribution in [2.75, 3.05) is 18.8 Å². The maximum absolute atomic E-state index is 2.60. The van der Waals surface area contributed by atoms with Gasteiger partial charge in [-0.15, -0.1) is 0 Å². The average molecular weight is 277 g/mol. The van der Waals surface area contributed by atoms with Crippen LogP contribution in [0.5, 0.6) is 0 Å². The van der Waals surface area contributed by atoms with Crippen molar-refractivity contribution < 1.29 is 0 Å². The van der Waals surface area contributed by atoms with Crippen molar-refractivity contribution in [3.63, 3.8) is 0 Å². The number of likely N-dealkylation sites (tertiary alicyclic amines) is 1. The number of hydrogen-bond acceptors (Lipinski definition) is 2. The van der Waals surface area contributed by atoms with Crippen molar-refractivity contribution in [1.29, 1.82) is 0 Å². The van der Waals surface area contributed by atoms with Crippen LogP contribution in [-0.4, -0.2) is 28.5 Å². The number of benzene rings is 1. The molecule has 0 saturated carbocycles. The molecule has 1 heterocycles. The summed E-state index contributed by atoms with van der Waals surface area (Å²) < 4.78 is 0.511. The Bertz CT molecular complexity index is 366. The minimum Gasteiger partial charge on any atom is -0.299 e. The Labute approximate surface area is 122 Å². The molecule has 1 fully saturated rings. The summed E-state index contributed by atoms with van der Waals surface area (Å²) in [6.07, 6.45) is 2.66. The molecule has 0 aliphatic carbocycles. The van der Waals surface area contributed by atoms with Gasteiger partial charge in [0.15, 0.2) is 0 Å². The van der Waals surface area contributed by atoms with Crippen molar-refractivity contribution >= 4 is 11.8 Å². The second-order valence-electron chi connectivity index (χ2n) is 6.42. The fourth-order valence-electron chi connectivity index (χ4n) is 2.54. The SMILES string of the molecule is CC(C)CSC1(C)CCN(Cc2ccccc2)CC1. The average Bonchev–Trinajstić information content (AvgIpc) is 2.41. The molecule has 0 aromatic heterocycles. The van der Waals surface area contributed by atoms with E-state index in [0.29, 0.717) is 4.75 Å². The van der Waals surface area contributed by atoms with Crippen LogP contribution < -0.4 is 0 Å². The van der Waals surface area contributed by atoms with E-state index in [4.69, 9.17) is 0 Å². The number of thioether (sulfide) groups is 1. The topological polar surface area (TPSA) is 3.24 Å². The van der Waals surface area contributed by atoms with Gasteiger partial charge in [-0.2, -0.15) is 11.8 Å². The molecule has 0 N–H and O–H groups in total. The molecule has 1 aliphatic heterocycles. The third-order valence-corrected chi connectivity index (χ3v) is 5.87. The maximum Gasteiger partial charge on any atom is 0.0233 e. The zero-order valence-electron chi connectivity index (χ0n) is 12.6. The van der Waals surface area contributed by atoms with Crippen LogP contribution in [-0.2, 0) is 6.54 Å². The lowest BCUT2D eigenvalue weighted by molar-refractivity contribution is 0.198. The Kier molecular flexibility index (Phi) is 5.35. The van der Waals surface area contributed by atoms with Crippen LogP contribution in [0.1, 0.15) is 39.2 Å². The largest absolute Gasteiger partial charge is 0.299 e. The molecule has 0 unspecified atom stereocenters. The number of rotatable bonds is 5. The maximum atomic E-state index is 2.60. The van der Waals surface area contributed by atoms with E-state index < -0.39 is 0 Å². The summed E-state index contributed by atoms with van der Waals surface area (Å²) >= 11 is 2.19. The fourth-order valence-corrected chi connectivity index (χ4v) is 3.74. The predicted octanol–water partition coefficient (Wildman–Crippen LogP) is 4.43. The van der Waals surface area contributed by atoms with Crippen LogP contribution in [0.2, 0.25) is 0 Å². The molecule has 0 bridgehead atoms. The first-order chi connectivity index (χ1) is 9.07. The lowest BCUT2D eigenvalue weighted by atomic mass is 9.97. The summed E-state index contributed by atoms with van der Waals surface area (Å²) in [5.41, 5.74) is 1.45. The van der Waals surface area contributed by atoms with Crippen LogP contribution in [0.25, 0.3) is 0 Å². The minimum absolute atomic E-state index is 0.511. The van der Waals surface area contributed by atoms with Crippen molar-refractivity contribution in [3.05, 3.63) is 35.9 Å². The molecule has 0 spiro atoms. The third kappa shape index (κ3) is 4.85. The molecule has 0 radical (unpaired) electrons. The van der Waals surface area contributed by atoms with E-state index in [9.17, 15) is 0 Å². The minimum atomic E-state index is 0.511. The quantitative estimate of drug-likeness (QED) is 0.783. The molecule has 1 aliphatic rings. The van der Waals surface area contributed by atoms with Gasteiger partial charge in [0, 0.05) is 11.3 Å². The van der Waals surface area contributed by atoms with Gasteiger partial charge in [-0.25, -0.2) is 0 Å². The number of piperidine rings is 1. The Morgan fingerprint density at radius 2 is 1.79 bits per heavy atom. The molecule has 2 rings (SSSR count). The Morgan fingerprint density at radius 3 is 2.37 bits per heavy atom. The molecule has 2 heteroatoms. The summed E-state index contributed by atoms with van der Waals surface area (Å²) in [7, 11) is 0. The van der Waals surface area contributed by atoms with E-state index in [2.05, 4.69) is 67.8 Å². The molecule has 1 aromatic carbocycles. The number of nitrogens with zero attached hydrogens (tertiary/aromatic N) is 1. The van der Waals surface area contributed by atoms with Gasteiger partial charge in [0.05, 0.1) is 0 Å². The smallest absolute Gasteiger partial charge is 0.0233 e. The molecule has 1 saturated heterocycles. The van der Waals surface area contributed by atoms with Gasteiger partial charge >= 0.3 is 0 Å². The fraction of sp³-hybridized carbons (Fsp3) is 0.647. The first-order valence-electron chi connectivity index (χ1n) is 7.48. The zero-order chi connectivity index (χ0) is 13.7. The van der Waals surface area contributed by atoms with Gasteiger partial charge in [0.1, 0.15) is 0 Å². The highest BCUT2D eigenvalue weighted by Crippen LogP contribution is 2.36. The lowest BCUT2D eigenvalue weighted by Gasteiger charge is -2.39. The van der Waals surface area contributed by atoms with E-state index in [1.807, 2.05) is 0 Å². The van der Waals surface area contributed by atoms with Gasteiger partial charge < -0.3 is 0 Å². The summed E-state index contributed by atoms with van der Waals surface area (Å²) in [5, 5.41) is 0. The van der Waals surface area contributed by atoms with Gasteiger partial charge in [-0.05, 0) is 43.2 Å². The van der Waals surface area contributed by atoms with Crippen molar-refractivity contribution in [2.24, 2.45) is 5.92 Å². The first-order valence-corrected chi connectivity index (χ1v) is 8.46. The Hall–Kier alpha value is -0.470. The summed E-state index contributed by atoms with van der Waals surface area (Å²) in [6, 6.07) is 10.9. The second kappa shape index (κ2) is 6.81. The van der Waals surface area contributed by atoms with Crippen molar-refractivity contribution in [1.82, 2.24) is 4.90 Å². The normalized spacial score (nSPS) is 19.8. The van der Waals surface area contributed by atoms with E-state index >= 15 is 0 Å². The van der Waals surface area contributed by atoms with Gasteiger partial charge in [0.2, 0.25) is 0 Å². The first kappa shape index (κ1) is 14.9. The summed E-state index contributed by atoms with van der Waals surface area (Å²) in [4.78, 5) is 2.60. The summed E-state index contributed by atoms with van der Waals surface area (Å²) in [5.74, 6) is 2.11. The van der Waals surface area contributed by atoms with E-state index in [1.165, 1.54) is 37.2 Å². The van der Waals surface area contributed by atoms with Crippen LogP contribution in [0.3, 0.4) is 0 Å². The monoisotopic (exact) mass is 277 g/mol. The van der Waals surface area contributed by atoms with Crippen molar-refractivity contribution in [2.45, 2.75) is 44.9 Å². The Balaban J connectivity index is 1.79. The van der Waals surface area contributed by atoms with Crippen LogP contribution in [0.4, 0.5) is 0 Å². The summed E-state index contributed by atoms with van der Waals surface area (Å²) in [6.45, 7) is 10.7. The molecule has 1 nitrogen and oxygen atoms in total. The molecular weight excluding hydrogens is 250 g/mol. The van der Waals surface area contributed by atoms with Crippen LogP contribution in [0.15, 0.2) is 30.3 Å². The van der Waals surface area contributed by atoms with Gasteiger partial charge in [-0.1, -0.05) is 51.1 Å². The highest BCUT2D eigenvalue weighted by atomic mass is 32.2. The highest BCUT2D eigenvalue weighted by molar-refractivity contribution is 8.00. The van der Waals surface area contributed by atoms with Crippen molar-refractivity contribution in [3.8, 4) is 0 Å². The van der Waals surface area contributed by atoms with E-state index in [-0.39, 0.29) is 0 Å². The lowest BCUT2D eigenvalue weighted by Crippen LogP contribution is -2.40. The van der Waals surface area contributed by atoms with Gasteiger partial charge in [0.25, 0.3) is 0 Å². The number of hydrogen-bond donors (Lipinski definition) is 0. The molecular formula is C17H27NS. The second-order valence-corrected chi connectivity index (χ2v) is 8.02. The predicted molar refractivity (Wildman–Crippen MR) is 86.7 cm³/mol. The third-order valence-electron chi connectivity index (χ3n) is 3.93. The zero-order valence-corrected chi connectivity index (χ0v) is 13.4. The van der Waals surface area contributed by atoms with Gasteiger partial charge in [-0.3, -0.25) is 4.90 Å². The molecule has 19 heavy (non-hydrogen) atoms. The molecule has 0 amide bonds.